The summed E-state index contributed by atoms with van der Waals surface area (Å²) in [6, 6.07) is 9.84. The van der Waals surface area contributed by atoms with E-state index in [4.69, 9.17) is 11.6 Å². The molecule has 0 N–H and O–H groups in total. The number of aryl methyl sites for hydroxylation is 3. The van der Waals surface area contributed by atoms with Crippen molar-refractivity contribution in [2.24, 2.45) is 0 Å². The number of hydrogen-bond acceptors (Lipinski definition) is 1. The van der Waals surface area contributed by atoms with Crippen LogP contribution in [0.3, 0.4) is 0 Å². The fourth-order valence-corrected chi connectivity index (χ4v) is 2.30. The standard InChI is InChI=1S/C16H15ClO/c1-10-4-5-13(9-18)15(6-10)14-7-12(3)16(17)8-11(14)2/h4-9H,1-3H3. The minimum absolute atomic E-state index is 0.713. The molecule has 18 heavy (non-hydrogen) atoms. The van der Waals surface area contributed by atoms with Crippen molar-refractivity contribution < 1.29 is 4.79 Å². The second-order valence-corrected chi connectivity index (χ2v) is 5.03. The molecule has 0 saturated heterocycles. The quantitative estimate of drug-likeness (QED) is 0.711. The molecule has 0 amide bonds. The summed E-state index contributed by atoms with van der Waals surface area (Å²) in [4.78, 5) is 11.1. The second kappa shape index (κ2) is 4.95. The zero-order chi connectivity index (χ0) is 13.3. The molecule has 2 aromatic rings. The van der Waals surface area contributed by atoms with Gasteiger partial charge < -0.3 is 0 Å². The van der Waals surface area contributed by atoms with Crippen LogP contribution in [0, 0.1) is 20.8 Å². The van der Waals surface area contributed by atoms with Gasteiger partial charge in [-0.1, -0.05) is 35.4 Å². The summed E-state index contributed by atoms with van der Waals surface area (Å²) in [5.41, 5.74) is 6.01. The third-order valence-corrected chi connectivity index (χ3v) is 3.54. The average Bonchev–Trinajstić information content (AvgIpc) is 2.34. The van der Waals surface area contributed by atoms with Gasteiger partial charge in [-0.3, -0.25) is 4.79 Å². The summed E-state index contributed by atoms with van der Waals surface area (Å²) in [5.74, 6) is 0. The SMILES string of the molecule is Cc1ccc(C=O)c(-c2cc(C)c(Cl)cc2C)c1. The number of rotatable bonds is 2. The van der Waals surface area contributed by atoms with Crippen molar-refractivity contribution in [2.75, 3.05) is 0 Å². The van der Waals surface area contributed by atoms with Crippen LogP contribution in [0.1, 0.15) is 27.0 Å². The van der Waals surface area contributed by atoms with E-state index in [1.807, 2.05) is 51.1 Å². The van der Waals surface area contributed by atoms with E-state index in [-0.39, 0.29) is 0 Å². The smallest absolute Gasteiger partial charge is 0.150 e. The Morgan fingerprint density at radius 3 is 2.33 bits per heavy atom. The van der Waals surface area contributed by atoms with Crippen molar-refractivity contribution in [3.63, 3.8) is 0 Å². The number of carbonyl (C=O) groups is 1. The maximum absolute atomic E-state index is 11.1. The molecule has 0 atom stereocenters. The highest BCUT2D eigenvalue weighted by Crippen LogP contribution is 2.31. The van der Waals surface area contributed by atoms with E-state index in [1.165, 1.54) is 0 Å². The number of carbonyl (C=O) groups excluding carboxylic acids is 1. The Hall–Kier alpha value is -1.60. The molecule has 92 valence electrons. The molecule has 0 aliphatic heterocycles. The van der Waals surface area contributed by atoms with Crippen molar-refractivity contribution in [1.82, 2.24) is 0 Å². The summed E-state index contributed by atoms with van der Waals surface area (Å²) in [6.45, 7) is 6.01. The first-order valence-corrected chi connectivity index (χ1v) is 6.23. The Kier molecular flexibility index (Phi) is 3.53. The van der Waals surface area contributed by atoms with Crippen LogP contribution in [0.15, 0.2) is 30.3 Å². The van der Waals surface area contributed by atoms with Crippen LogP contribution < -0.4 is 0 Å². The molecule has 1 nitrogen and oxygen atoms in total. The van der Waals surface area contributed by atoms with Crippen LogP contribution in [0.25, 0.3) is 11.1 Å². The van der Waals surface area contributed by atoms with Gasteiger partial charge in [0, 0.05) is 10.6 Å². The molecule has 0 saturated carbocycles. The molecule has 0 spiro atoms. The molecule has 0 bridgehead atoms. The van der Waals surface area contributed by atoms with Gasteiger partial charge in [0.2, 0.25) is 0 Å². The molecule has 0 aliphatic rings. The van der Waals surface area contributed by atoms with Gasteiger partial charge in [-0.25, -0.2) is 0 Å². The molecule has 0 aromatic heterocycles. The van der Waals surface area contributed by atoms with Crippen LogP contribution in [0.4, 0.5) is 0 Å². The van der Waals surface area contributed by atoms with Gasteiger partial charge in [0.25, 0.3) is 0 Å². The Bertz CT molecular complexity index is 615. The number of hydrogen-bond donors (Lipinski definition) is 0. The topological polar surface area (TPSA) is 17.1 Å². The molecule has 2 heteroatoms. The van der Waals surface area contributed by atoms with E-state index in [9.17, 15) is 4.79 Å². The van der Waals surface area contributed by atoms with E-state index in [0.29, 0.717) is 5.56 Å². The minimum Gasteiger partial charge on any atom is -0.298 e. The number of aldehydes is 1. The lowest BCUT2D eigenvalue weighted by molar-refractivity contribution is 0.112. The highest BCUT2D eigenvalue weighted by Gasteiger charge is 2.09. The molecule has 2 rings (SSSR count). The number of benzene rings is 2. The van der Waals surface area contributed by atoms with Crippen LogP contribution in [-0.2, 0) is 0 Å². The maximum atomic E-state index is 11.1. The fraction of sp³-hybridized carbons (Fsp3) is 0.188. The molecule has 0 unspecified atom stereocenters. The Labute approximate surface area is 112 Å². The van der Waals surface area contributed by atoms with E-state index >= 15 is 0 Å². The normalized spacial score (nSPS) is 10.4. The molecule has 0 heterocycles. The van der Waals surface area contributed by atoms with Crippen LogP contribution in [0.5, 0.6) is 0 Å². The second-order valence-electron chi connectivity index (χ2n) is 4.62. The van der Waals surface area contributed by atoms with Gasteiger partial charge >= 0.3 is 0 Å². The predicted octanol–water partition coefficient (Wildman–Crippen LogP) is 4.74. The molecular weight excluding hydrogens is 244 g/mol. The first-order chi connectivity index (χ1) is 8.52. The van der Waals surface area contributed by atoms with Gasteiger partial charge in [0.1, 0.15) is 0 Å². The van der Waals surface area contributed by atoms with Gasteiger partial charge in [-0.05, 0) is 55.2 Å². The molecule has 0 radical (unpaired) electrons. The fourth-order valence-electron chi connectivity index (χ4n) is 2.08. The minimum atomic E-state index is 0.713. The van der Waals surface area contributed by atoms with Gasteiger partial charge in [0.15, 0.2) is 6.29 Å². The van der Waals surface area contributed by atoms with Crippen molar-refractivity contribution in [3.8, 4) is 11.1 Å². The van der Waals surface area contributed by atoms with Gasteiger partial charge in [0.05, 0.1) is 0 Å². The van der Waals surface area contributed by atoms with Crippen molar-refractivity contribution in [1.29, 1.82) is 0 Å². The van der Waals surface area contributed by atoms with E-state index < -0.39 is 0 Å². The van der Waals surface area contributed by atoms with Crippen LogP contribution in [-0.4, -0.2) is 6.29 Å². The van der Waals surface area contributed by atoms with E-state index in [0.717, 1.165) is 39.1 Å². The van der Waals surface area contributed by atoms with Crippen molar-refractivity contribution in [2.45, 2.75) is 20.8 Å². The lowest BCUT2D eigenvalue weighted by atomic mass is 9.93. The van der Waals surface area contributed by atoms with Crippen molar-refractivity contribution >= 4 is 17.9 Å². The average molecular weight is 259 g/mol. The first kappa shape index (κ1) is 12.8. The molecule has 0 aliphatic carbocycles. The Morgan fingerprint density at radius 1 is 0.944 bits per heavy atom. The highest BCUT2D eigenvalue weighted by atomic mass is 35.5. The zero-order valence-corrected chi connectivity index (χ0v) is 11.5. The summed E-state index contributed by atoms with van der Waals surface area (Å²) < 4.78 is 0. The van der Waals surface area contributed by atoms with Gasteiger partial charge in [-0.15, -0.1) is 0 Å². The third kappa shape index (κ3) is 2.32. The van der Waals surface area contributed by atoms with E-state index in [2.05, 4.69) is 0 Å². The molecular formula is C16H15ClO. The summed E-state index contributed by atoms with van der Waals surface area (Å²) in [5, 5.41) is 0.761. The summed E-state index contributed by atoms with van der Waals surface area (Å²) in [6.07, 6.45) is 0.901. The highest BCUT2D eigenvalue weighted by molar-refractivity contribution is 6.31. The van der Waals surface area contributed by atoms with Crippen LogP contribution >= 0.6 is 11.6 Å². The summed E-state index contributed by atoms with van der Waals surface area (Å²) in [7, 11) is 0. The van der Waals surface area contributed by atoms with Crippen LogP contribution in [0.2, 0.25) is 5.02 Å². The lowest BCUT2D eigenvalue weighted by Gasteiger charge is -2.12. The Morgan fingerprint density at radius 2 is 1.67 bits per heavy atom. The predicted molar refractivity (Wildman–Crippen MR) is 76.5 cm³/mol. The maximum Gasteiger partial charge on any atom is 0.150 e. The molecule has 0 fully saturated rings. The first-order valence-electron chi connectivity index (χ1n) is 5.86. The zero-order valence-electron chi connectivity index (χ0n) is 10.8. The van der Waals surface area contributed by atoms with E-state index in [1.54, 1.807) is 0 Å². The third-order valence-electron chi connectivity index (χ3n) is 3.13. The number of halogens is 1. The summed E-state index contributed by atoms with van der Waals surface area (Å²) >= 11 is 6.11. The lowest BCUT2D eigenvalue weighted by Crippen LogP contribution is -1.92. The Balaban J connectivity index is 2.72. The molecule has 2 aromatic carbocycles. The monoisotopic (exact) mass is 258 g/mol. The van der Waals surface area contributed by atoms with Gasteiger partial charge in [-0.2, -0.15) is 0 Å². The van der Waals surface area contributed by atoms with Crippen molar-refractivity contribution in [3.05, 3.63) is 57.6 Å². The largest absolute Gasteiger partial charge is 0.298 e.